The molecule has 0 unspecified atom stereocenters. The Kier molecular flexibility index (Phi) is 7.11. The molecule has 0 aromatic heterocycles. The summed E-state index contributed by atoms with van der Waals surface area (Å²) in [7, 11) is 0. The second kappa shape index (κ2) is 6.07. The Morgan fingerprint density at radius 1 is 1.17 bits per heavy atom. The third-order valence-corrected chi connectivity index (χ3v) is 1.10. The van der Waals surface area contributed by atoms with Gasteiger partial charge in [0, 0.05) is 6.07 Å². The minimum atomic E-state index is -0.265. The van der Waals surface area contributed by atoms with Crippen molar-refractivity contribution in [3.63, 3.8) is 0 Å². The van der Waals surface area contributed by atoms with Crippen LogP contribution in [0.25, 0.3) is 0 Å². The second-order valence-electron chi connectivity index (χ2n) is 1.82. The zero-order valence-electron chi connectivity index (χ0n) is 9.07. The average Bonchev–Trinajstić information content (AvgIpc) is 1.95. The smallest absolute Gasteiger partial charge is 1.00 e. The topological polar surface area (TPSA) is 64.2 Å². The van der Waals surface area contributed by atoms with Gasteiger partial charge in [-0.05, 0) is 12.1 Å². The Morgan fingerprint density at radius 2 is 1.75 bits per heavy atom. The summed E-state index contributed by atoms with van der Waals surface area (Å²) in [6.07, 6.45) is 0. The van der Waals surface area contributed by atoms with E-state index in [-0.39, 0.29) is 52.1 Å². The van der Waals surface area contributed by atoms with Crippen LogP contribution >= 0.6 is 0 Å². The molecule has 0 aliphatic heterocycles. The molecule has 1 aromatic rings. The molecule has 3 nitrogen and oxygen atoms in total. The first-order chi connectivity index (χ1) is 4.74. The molecule has 0 spiro atoms. The van der Waals surface area contributed by atoms with Crippen molar-refractivity contribution in [1.29, 1.82) is 5.26 Å². The molecular formula is C7H7Li2NO2. The molecule has 5 heteroatoms. The monoisotopic (exact) mass is 151 g/mol. The van der Waals surface area contributed by atoms with E-state index in [0.29, 0.717) is 5.56 Å². The van der Waals surface area contributed by atoms with E-state index in [2.05, 4.69) is 0 Å². The molecule has 0 amide bonds. The van der Waals surface area contributed by atoms with Crippen LogP contribution in [0.15, 0.2) is 18.2 Å². The summed E-state index contributed by atoms with van der Waals surface area (Å²) < 4.78 is 0. The van der Waals surface area contributed by atoms with Gasteiger partial charge in [0.05, 0.1) is 11.6 Å². The molecule has 12 heavy (non-hydrogen) atoms. The van der Waals surface area contributed by atoms with Gasteiger partial charge in [0.15, 0.2) is 11.5 Å². The number of phenolic OH excluding ortho intramolecular Hbond substituents is 2. The van der Waals surface area contributed by atoms with Crippen molar-refractivity contribution in [2.45, 2.75) is 0 Å². The molecule has 0 bridgehead atoms. The predicted molar refractivity (Wildman–Crippen MR) is 36.7 cm³/mol. The van der Waals surface area contributed by atoms with Crippen LogP contribution in [0.2, 0.25) is 0 Å². The SMILES string of the molecule is N#Cc1ccc(O)c(O)c1.[H-].[H-].[Li+].[Li+]. The summed E-state index contributed by atoms with van der Waals surface area (Å²) >= 11 is 0. The molecule has 0 aliphatic carbocycles. The number of nitrogens with zero attached hydrogens (tertiary/aromatic N) is 1. The van der Waals surface area contributed by atoms with Crippen molar-refractivity contribution >= 4 is 0 Å². The molecule has 2 N–H and O–H groups in total. The van der Waals surface area contributed by atoms with E-state index in [0.717, 1.165) is 0 Å². The van der Waals surface area contributed by atoms with Gasteiger partial charge in [-0.25, -0.2) is 0 Å². The van der Waals surface area contributed by atoms with Crippen molar-refractivity contribution in [3.8, 4) is 17.6 Å². The summed E-state index contributed by atoms with van der Waals surface area (Å²) in [6, 6.07) is 5.72. The van der Waals surface area contributed by atoms with E-state index in [9.17, 15) is 0 Å². The molecule has 54 valence electrons. The average molecular weight is 151 g/mol. The van der Waals surface area contributed by atoms with Crippen molar-refractivity contribution in [2.24, 2.45) is 0 Å². The molecule has 0 heterocycles. The minimum Gasteiger partial charge on any atom is -1.00 e. The number of hydrogen-bond acceptors (Lipinski definition) is 3. The number of aromatic hydroxyl groups is 2. The van der Waals surface area contributed by atoms with Crippen LogP contribution < -0.4 is 37.7 Å². The Balaban J connectivity index is -0.000000125. The molecule has 0 aliphatic rings. The zero-order valence-corrected chi connectivity index (χ0v) is 7.07. The summed E-state index contributed by atoms with van der Waals surface area (Å²) in [5.74, 6) is -0.474. The molecule has 0 radical (unpaired) electrons. The Bertz CT molecular complexity index is 304. The van der Waals surface area contributed by atoms with Gasteiger partial charge in [-0.2, -0.15) is 5.26 Å². The fourth-order valence-electron chi connectivity index (χ4n) is 0.593. The van der Waals surface area contributed by atoms with Crippen molar-refractivity contribution in [3.05, 3.63) is 23.8 Å². The van der Waals surface area contributed by atoms with Gasteiger partial charge in [-0.15, -0.1) is 0 Å². The van der Waals surface area contributed by atoms with E-state index in [1.54, 1.807) is 0 Å². The van der Waals surface area contributed by atoms with Crippen LogP contribution in [0.4, 0.5) is 0 Å². The van der Waals surface area contributed by atoms with E-state index >= 15 is 0 Å². The Hall–Kier alpha value is -0.495. The molecule has 1 rings (SSSR count). The Morgan fingerprint density at radius 3 is 2.17 bits per heavy atom. The van der Waals surface area contributed by atoms with Gasteiger partial charge in [0.2, 0.25) is 0 Å². The van der Waals surface area contributed by atoms with Crippen LogP contribution in [-0.4, -0.2) is 10.2 Å². The van der Waals surface area contributed by atoms with Crippen LogP contribution in [0.1, 0.15) is 8.42 Å². The van der Waals surface area contributed by atoms with Crippen molar-refractivity contribution in [2.75, 3.05) is 0 Å². The first kappa shape index (κ1) is 14.1. The largest absolute Gasteiger partial charge is 1.00 e. The van der Waals surface area contributed by atoms with Gasteiger partial charge in [-0.1, -0.05) is 0 Å². The van der Waals surface area contributed by atoms with Crippen molar-refractivity contribution in [1.82, 2.24) is 0 Å². The Labute approximate surface area is 97.3 Å². The van der Waals surface area contributed by atoms with Gasteiger partial charge in [0.1, 0.15) is 0 Å². The fourth-order valence-corrected chi connectivity index (χ4v) is 0.593. The third-order valence-electron chi connectivity index (χ3n) is 1.10. The standard InChI is InChI=1S/C7H5NO2.2Li.2H/c8-4-5-1-2-6(9)7(10)3-5;;;;/h1-3,9-10H;;;;/q;2*+1;2*-1. The van der Waals surface area contributed by atoms with E-state index in [1.165, 1.54) is 18.2 Å². The van der Waals surface area contributed by atoms with Crippen LogP contribution in [0.5, 0.6) is 11.5 Å². The number of phenols is 2. The minimum absolute atomic E-state index is 0. The van der Waals surface area contributed by atoms with Crippen LogP contribution in [0, 0.1) is 11.3 Å². The normalized spacial score (nSPS) is 7.25. The number of rotatable bonds is 0. The molecular weight excluding hydrogens is 144 g/mol. The summed E-state index contributed by atoms with van der Waals surface area (Å²) in [4.78, 5) is 0. The fraction of sp³-hybridized carbons (Fsp3) is 0. The van der Waals surface area contributed by atoms with Gasteiger partial charge in [-0.3, -0.25) is 0 Å². The summed E-state index contributed by atoms with van der Waals surface area (Å²) in [6.45, 7) is 0. The summed E-state index contributed by atoms with van der Waals surface area (Å²) in [5.41, 5.74) is 0.329. The molecule has 0 saturated heterocycles. The maximum Gasteiger partial charge on any atom is 1.00 e. The molecule has 1 aromatic carbocycles. The first-order valence-corrected chi connectivity index (χ1v) is 2.66. The molecule has 0 fully saturated rings. The van der Waals surface area contributed by atoms with Gasteiger partial charge in [0.25, 0.3) is 0 Å². The number of nitriles is 1. The van der Waals surface area contributed by atoms with E-state index in [1.807, 2.05) is 6.07 Å². The van der Waals surface area contributed by atoms with Crippen LogP contribution in [-0.2, 0) is 0 Å². The maximum atomic E-state index is 8.83. The zero-order chi connectivity index (χ0) is 7.56. The first-order valence-electron chi connectivity index (χ1n) is 2.66. The third kappa shape index (κ3) is 3.27. The molecule has 0 atom stereocenters. The van der Waals surface area contributed by atoms with Crippen LogP contribution in [0.3, 0.4) is 0 Å². The quantitative estimate of drug-likeness (QED) is 0.289. The van der Waals surface area contributed by atoms with E-state index < -0.39 is 0 Å². The predicted octanol–water partition coefficient (Wildman–Crippen LogP) is -4.80. The summed E-state index contributed by atoms with van der Waals surface area (Å²) in [5, 5.41) is 25.9. The van der Waals surface area contributed by atoms with Gasteiger partial charge < -0.3 is 13.1 Å². The second-order valence-corrected chi connectivity index (χ2v) is 1.82. The molecule has 0 saturated carbocycles. The maximum absolute atomic E-state index is 8.83. The van der Waals surface area contributed by atoms with Gasteiger partial charge >= 0.3 is 37.7 Å². The van der Waals surface area contributed by atoms with Crippen molar-refractivity contribution < 1.29 is 50.8 Å². The number of hydrogen-bond donors (Lipinski definition) is 2. The number of benzene rings is 1. The van der Waals surface area contributed by atoms with E-state index in [4.69, 9.17) is 15.5 Å².